The quantitative estimate of drug-likeness (QED) is 0.165. The molecule has 0 rings (SSSR count). The molecule has 0 radical (unpaired) electrons. The molecule has 0 aromatic carbocycles. The molecule has 0 aromatic rings. The number of hydrogen-bond donors (Lipinski definition) is 1. The number of rotatable bonds is 15. The average Bonchev–Trinajstić information content (AvgIpc) is 2.51. The van der Waals surface area contributed by atoms with Crippen LogP contribution in [0.4, 0.5) is 0 Å². The molecule has 0 saturated carbocycles. The minimum atomic E-state index is -4.95. The van der Waals surface area contributed by atoms with E-state index >= 15 is 0 Å². The summed E-state index contributed by atoms with van der Waals surface area (Å²) in [6, 6.07) is 0. The Morgan fingerprint density at radius 2 is 1.46 bits per heavy atom. The molecule has 0 aromatic heterocycles. The summed E-state index contributed by atoms with van der Waals surface area (Å²) >= 11 is 0. The molecule has 0 spiro atoms. The molecule has 0 fully saturated rings. The van der Waals surface area contributed by atoms with Crippen LogP contribution in [-0.4, -0.2) is 36.3 Å². The molecule has 26 heavy (non-hydrogen) atoms. The van der Waals surface area contributed by atoms with E-state index < -0.39 is 33.2 Å². The van der Waals surface area contributed by atoms with Crippen molar-refractivity contribution in [1.29, 1.82) is 0 Å². The monoisotopic (exact) mass is 402 g/mol. The molecule has 148 valence electrons. The SMILES string of the molecule is CCCCCCCCCC(CC(=O)[O-])(C(=O)OCCCC)S(=O)(=O)O.[Na+]. The van der Waals surface area contributed by atoms with E-state index in [9.17, 15) is 27.7 Å². The standard InChI is InChI=1S/C17H32O7S.Na/c1-3-5-7-8-9-10-11-12-17(14-15(18)19,25(21,22)23)16(20)24-13-6-4-2;/h3-14H2,1-2H3,(H,18,19)(H,21,22,23);/q;+1/p-1. The van der Waals surface area contributed by atoms with E-state index in [4.69, 9.17) is 4.74 Å². The first kappa shape index (κ1) is 28.1. The number of hydrogen-bond acceptors (Lipinski definition) is 6. The van der Waals surface area contributed by atoms with Crippen LogP contribution >= 0.6 is 0 Å². The van der Waals surface area contributed by atoms with Crippen LogP contribution in [0.15, 0.2) is 0 Å². The van der Waals surface area contributed by atoms with Crippen LogP contribution in [-0.2, 0) is 24.4 Å². The summed E-state index contributed by atoms with van der Waals surface area (Å²) in [7, 11) is -4.95. The van der Waals surface area contributed by atoms with Gasteiger partial charge in [0.25, 0.3) is 10.1 Å². The third-order valence-corrected chi connectivity index (χ3v) is 5.71. The summed E-state index contributed by atoms with van der Waals surface area (Å²) in [6.07, 6.45) is 5.98. The van der Waals surface area contributed by atoms with Crippen molar-refractivity contribution in [3.05, 3.63) is 0 Å². The van der Waals surface area contributed by atoms with Crippen molar-refractivity contribution >= 4 is 22.1 Å². The fraction of sp³-hybridized carbons (Fsp3) is 0.882. The van der Waals surface area contributed by atoms with Crippen LogP contribution in [0.25, 0.3) is 0 Å². The normalized spacial score (nSPS) is 13.5. The van der Waals surface area contributed by atoms with Crippen molar-refractivity contribution in [1.82, 2.24) is 0 Å². The zero-order chi connectivity index (χ0) is 19.3. The number of esters is 1. The second-order valence-corrected chi connectivity index (χ2v) is 8.11. The Hall–Kier alpha value is -0.150. The maximum Gasteiger partial charge on any atom is 1.00 e. The Kier molecular flexibility index (Phi) is 16.0. The minimum Gasteiger partial charge on any atom is -0.550 e. The average molecular weight is 402 g/mol. The predicted octanol–water partition coefficient (Wildman–Crippen LogP) is -0.759. The van der Waals surface area contributed by atoms with E-state index in [1.54, 1.807) is 0 Å². The van der Waals surface area contributed by atoms with Gasteiger partial charge in [0, 0.05) is 12.4 Å². The summed E-state index contributed by atoms with van der Waals surface area (Å²) in [5.41, 5.74) is 0. The Morgan fingerprint density at radius 1 is 0.962 bits per heavy atom. The summed E-state index contributed by atoms with van der Waals surface area (Å²) < 4.78 is 35.7. The zero-order valence-corrected chi connectivity index (χ0v) is 19.1. The first-order valence-electron chi connectivity index (χ1n) is 9.05. The molecule has 0 aliphatic heterocycles. The second kappa shape index (κ2) is 14.9. The summed E-state index contributed by atoms with van der Waals surface area (Å²) in [4.78, 5) is 23.3. The number of carbonyl (C=O) groups excluding carboxylic acids is 2. The molecule has 9 heteroatoms. The van der Waals surface area contributed by atoms with Gasteiger partial charge in [-0.25, -0.2) is 0 Å². The van der Waals surface area contributed by atoms with Crippen LogP contribution in [0.3, 0.4) is 0 Å². The Bertz CT molecular complexity index is 507. The number of carboxylic acids is 1. The second-order valence-electron chi connectivity index (χ2n) is 6.38. The van der Waals surface area contributed by atoms with E-state index in [2.05, 4.69) is 6.92 Å². The minimum absolute atomic E-state index is 0. The van der Waals surface area contributed by atoms with Gasteiger partial charge in [0.1, 0.15) is 0 Å². The van der Waals surface area contributed by atoms with Gasteiger partial charge in [0.05, 0.1) is 6.61 Å². The van der Waals surface area contributed by atoms with Gasteiger partial charge in [-0.05, 0) is 12.8 Å². The van der Waals surface area contributed by atoms with Gasteiger partial charge >= 0.3 is 35.5 Å². The number of aliphatic carboxylic acids is 1. The van der Waals surface area contributed by atoms with Crippen molar-refractivity contribution in [2.45, 2.75) is 89.2 Å². The number of ether oxygens (including phenoxy) is 1. The molecule has 0 heterocycles. The molecule has 1 atom stereocenters. The Balaban J connectivity index is 0. The third kappa shape index (κ3) is 10.3. The summed E-state index contributed by atoms with van der Waals surface area (Å²) in [6.45, 7) is 3.95. The predicted molar refractivity (Wildman–Crippen MR) is 92.4 cm³/mol. The van der Waals surface area contributed by atoms with Crippen LogP contribution < -0.4 is 34.7 Å². The fourth-order valence-corrected chi connectivity index (χ4v) is 3.60. The summed E-state index contributed by atoms with van der Waals surface area (Å²) in [5.74, 6) is -2.92. The molecule has 1 N–H and O–H groups in total. The fourth-order valence-electron chi connectivity index (χ4n) is 2.63. The molecule has 0 bridgehead atoms. The number of carboxylic acid groups (broad SMARTS) is 1. The molecular weight excluding hydrogens is 371 g/mol. The topological polar surface area (TPSA) is 121 Å². The molecule has 0 aliphatic carbocycles. The Morgan fingerprint density at radius 3 is 1.92 bits per heavy atom. The molecule has 0 amide bonds. The van der Waals surface area contributed by atoms with Gasteiger partial charge in [-0.3, -0.25) is 9.35 Å². The van der Waals surface area contributed by atoms with Crippen LogP contribution in [0.2, 0.25) is 0 Å². The van der Waals surface area contributed by atoms with E-state index in [0.29, 0.717) is 19.3 Å². The van der Waals surface area contributed by atoms with Crippen LogP contribution in [0, 0.1) is 0 Å². The van der Waals surface area contributed by atoms with Crippen molar-refractivity contribution in [2.75, 3.05) is 6.61 Å². The van der Waals surface area contributed by atoms with Crippen molar-refractivity contribution in [2.24, 2.45) is 0 Å². The zero-order valence-electron chi connectivity index (χ0n) is 16.3. The van der Waals surface area contributed by atoms with Crippen LogP contribution in [0.5, 0.6) is 0 Å². The maximum absolute atomic E-state index is 12.3. The first-order chi connectivity index (χ1) is 11.7. The molecule has 0 aliphatic rings. The molecule has 0 saturated heterocycles. The van der Waals surface area contributed by atoms with E-state index in [1.807, 2.05) is 6.92 Å². The largest absolute Gasteiger partial charge is 1.00 e. The van der Waals surface area contributed by atoms with Gasteiger partial charge in [-0.1, -0.05) is 65.2 Å². The van der Waals surface area contributed by atoms with Gasteiger partial charge in [-0.2, -0.15) is 8.42 Å². The van der Waals surface area contributed by atoms with Gasteiger partial charge < -0.3 is 14.6 Å². The van der Waals surface area contributed by atoms with E-state index in [1.165, 1.54) is 0 Å². The summed E-state index contributed by atoms with van der Waals surface area (Å²) in [5, 5.41) is 11.0. The van der Waals surface area contributed by atoms with Crippen molar-refractivity contribution < 1.29 is 62.0 Å². The van der Waals surface area contributed by atoms with Crippen molar-refractivity contribution in [3.8, 4) is 0 Å². The molecule has 7 nitrogen and oxygen atoms in total. The number of carbonyl (C=O) groups is 2. The maximum atomic E-state index is 12.3. The first-order valence-corrected chi connectivity index (χ1v) is 10.5. The van der Waals surface area contributed by atoms with Crippen molar-refractivity contribution in [3.63, 3.8) is 0 Å². The van der Waals surface area contributed by atoms with Gasteiger partial charge in [-0.15, -0.1) is 0 Å². The number of unbranched alkanes of at least 4 members (excludes halogenated alkanes) is 7. The van der Waals surface area contributed by atoms with Gasteiger partial charge in [0.2, 0.25) is 0 Å². The molecule has 1 unspecified atom stereocenters. The molecular formula is C17H31NaO7S. The van der Waals surface area contributed by atoms with E-state index in [0.717, 1.165) is 38.5 Å². The van der Waals surface area contributed by atoms with Crippen LogP contribution in [0.1, 0.15) is 84.5 Å². The smallest absolute Gasteiger partial charge is 0.550 e. The van der Waals surface area contributed by atoms with Gasteiger partial charge in [0.15, 0.2) is 4.75 Å². The third-order valence-electron chi connectivity index (χ3n) is 4.21. The van der Waals surface area contributed by atoms with E-state index in [-0.39, 0.29) is 42.6 Å². The Labute approximate surface area is 179 Å².